The molecule has 2 aromatic rings. The maximum atomic E-state index is 13.1. The molecule has 2 aromatic carbocycles. The van der Waals surface area contributed by atoms with Crippen LogP contribution in [0.5, 0.6) is 11.5 Å². The number of carbonyl (C=O) groups is 2. The van der Waals surface area contributed by atoms with Crippen molar-refractivity contribution in [3.05, 3.63) is 63.2 Å². The van der Waals surface area contributed by atoms with E-state index in [1.165, 1.54) is 30.2 Å². The second-order valence-corrected chi connectivity index (χ2v) is 7.96. The van der Waals surface area contributed by atoms with Gasteiger partial charge in [-0.25, -0.2) is 0 Å². The van der Waals surface area contributed by atoms with Gasteiger partial charge in [-0.1, -0.05) is 30.7 Å². The number of carbonyl (C=O) groups excluding carboxylic acids is 2. The van der Waals surface area contributed by atoms with E-state index >= 15 is 0 Å². The van der Waals surface area contributed by atoms with Gasteiger partial charge < -0.3 is 19.7 Å². The number of rotatable bonds is 11. The van der Waals surface area contributed by atoms with E-state index in [4.69, 9.17) is 21.1 Å². The lowest BCUT2D eigenvalue weighted by molar-refractivity contribution is -0.385. The largest absolute Gasteiger partial charge is 0.490 e. The van der Waals surface area contributed by atoms with Crippen molar-refractivity contribution in [3.8, 4) is 11.5 Å². The molecule has 0 radical (unpaired) electrons. The van der Waals surface area contributed by atoms with Crippen molar-refractivity contribution in [2.24, 2.45) is 0 Å². The summed E-state index contributed by atoms with van der Waals surface area (Å²) >= 11 is 6.08. The van der Waals surface area contributed by atoms with Crippen LogP contribution < -0.4 is 14.8 Å². The average molecular weight is 478 g/mol. The number of hydrogen-bond acceptors (Lipinski definition) is 6. The molecule has 2 atom stereocenters. The molecule has 178 valence electrons. The van der Waals surface area contributed by atoms with Crippen molar-refractivity contribution in [3.63, 3.8) is 0 Å². The highest BCUT2D eigenvalue weighted by atomic mass is 35.5. The summed E-state index contributed by atoms with van der Waals surface area (Å²) in [7, 11) is 1.31. The fraction of sp³-hybridized carbons (Fsp3) is 0.391. The molecule has 2 amide bonds. The van der Waals surface area contributed by atoms with Crippen LogP contribution in [0.2, 0.25) is 5.02 Å². The SMILES string of the molecule is CC[C@@H](C)NC(=O)[C@H](C)N(Cc1cccc(Cl)c1)C(=O)COc1ccc([N+](=O)[O-])c(OC)c1. The van der Waals surface area contributed by atoms with Gasteiger partial charge in [0.15, 0.2) is 6.61 Å². The Balaban J connectivity index is 2.20. The Labute approximate surface area is 197 Å². The first kappa shape index (κ1) is 25.9. The quantitative estimate of drug-likeness (QED) is 0.387. The first-order valence-corrected chi connectivity index (χ1v) is 10.8. The summed E-state index contributed by atoms with van der Waals surface area (Å²) in [5, 5.41) is 14.5. The molecule has 0 aliphatic carbocycles. The Hall–Kier alpha value is -3.33. The zero-order chi connectivity index (χ0) is 24.5. The molecule has 1 N–H and O–H groups in total. The number of nitrogens with one attached hydrogen (secondary N) is 1. The van der Waals surface area contributed by atoms with E-state index in [0.717, 1.165) is 12.0 Å². The molecule has 0 saturated carbocycles. The number of ether oxygens (including phenoxy) is 2. The second-order valence-electron chi connectivity index (χ2n) is 7.52. The molecular weight excluding hydrogens is 450 g/mol. The summed E-state index contributed by atoms with van der Waals surface area (Å²) in [6, 6.07) is 10.2. The van der Waals surface area contributed by atoms with Crippen LogP contribution in [0.15, 0.2) is 42.5 Å². The summed E-state index contributed by atoms with van der Waals surface area (Å²) in [6.45, 7) is 5.27. The van der Waals surface area contributed by atoms with Gasteiger partial charge in [-0.2, -0.15) is 0 Å². The van der Waals surface area contributed by atoms with Gasteiger partial charge in [-0.05, 0) is 44.0 Å². The number of hydrogen-bond donors (Lipinski definition) is 1. The van der Waals surface area contributed by atoms with Gasteiger partial charge in [0.25, 0.3) is 5.91 Å². The number of nitrogens with zero attached hydrogens (tertiary/aromatic N) is 2. The number of nitro groups is 1. The highest BCUT2D eigenvalue weighted by Crippen LogP contribution is 2.30. The lowest BCUT2D eigenvalue weighted by atomic mass is 10.1. The van der Waals surface area contributed by atoms with Crippen LogP contribution in [0.3, 0.4) is 0 Å². The van der Waals surface area contributed by atoms with Crippen LogP contribution in [-0.2, 0) is 16.1 Å². The third-order valence-corrected chi connectivity index (χ3v) is 5.36. The van der Waals surface area contributed by atoms with Gasteiger partial charge in [0.2, 0.25) is 11.7 Å². The first-order chi connectivity index (χ1) is 15.7. The topological polar surface area (TPSA) is 111 Å². The van der Waals surface area contributed by atoms with Gasteiger partial charge in [0, 0.05) is 29.7 Å². The minimum absolute atomic E-state index is 0.0158. The van der Waals surface area contributed by atoms with Gasteiger partial charge in [-0.3, -0.25) is 19.7 Å². The number of halogens is 1. The highest BCUT2D eigenvalue weighted by Gasteiger charge is 2.27. The lowest BCUT2D eigenvalue weighted by Gasteiger charge is -2.29. The van der Waals surface area contributed by atoms with Crippen LogP contribution >= 0.6 is 11.6 Å². The molecular formula is C23H28ClN3O6. The lowest BCUT2D eigenvalue weighted by Crippen LogP contribution is -2.50. The molecule has 0 heterocycles. The van der Waals surface area contributed by atoms with E-state index in [2.05, 4.69) is 5.32 Å². The van der Waals surface area contributed by atoms with E-state index in [1.54, 1.807) is 25.1 Å². The maximum Gasteiger partial charge on any atom is 0.311 e. The van der Waals surface area contributed by atoms with Crippen LogP contribution in [-0.4, -0.2) is 47.4 Å². The van der Waals surface area contributed by atoms with Crippen molar-refractivity contribution in [2.45, 2.75) is 45.8 Å². The molecule has 33 heavy (non-hydrogen) atoms. The zero-order valence-electron chi connectivity index (χ0n) is 19.0. The summed E-state index contributed by atoms with van der Waals surface area (Å²) in [5.74, 6) is -0.469. The number of amides is 2. The second kappa shape index (κ2) is 12.1. The molecule has 0 aliphatic heterocycles. The number of benzene rings is 2. The normalized spacial score (nSPS) is 12.4. The number of methoxy groups -OCH3 is 1. The van der Waals surface area contributed by atoms with E-state index in [-0.39, 0.29) is 42.3 Å². The molecule has 0 bridgehead atoms. The minimum Gasteiger partial charge on any atom is -0.490 e. The number of nitro benzene ring substituents is 1. The fourth-order valence-electron chi connectivity index (χ4n) is 3.01. The van der Waals surface area contributed by atoms with E-state index < -0.39 is 16.9 Å². The van der Waals surface area contributed by atoms with E-state index in [0.29, 0.717) is 5.02 Å². The molecule has 0 spiro atoms. The predicted molar refractivity (Wildman–Crippen MR) is 125 cm³/mol. The Morgan fingerprint density at radius 3 is 2.55 bits per heavy atom. The average Bonchev–Trinajstić information content (AvgIpc) is 2.80. The van der Waals surface area contributed by atoms with E-state index in [9.17, 15) is 19.7 Å². The Morgan fingerprint density at radius 2 is 1.94 bits per heavy atom. The molecule has 10 heteroatoms. The Morgan fingerprint density at radius 1 is 1.21 bits per heavy atom. The van der Waals surface area contributed by atoms with Gasteiger partial charge in [0.05, 0.1) is 12.0 Å². The van der Waals surface area contributed by atoms with Crippen molar-refractivity contribution in [2.75, 3.05) is 13.7 Å². The van der Waals surface area contributed by atoms with E-state index in [1.807, 2.05) is 19.9 Å². The standard InChI is InChI=1S/C23H28ClN3O6/c1-5-15(2)25-23(29)16(3)26(13-17-7-6-8-18(24)11-17)22(28)14-33-19-9-10-20(27(30)31)21(12-19)32-4/h6-12,15-16H,5,13-14H2,1-4H3,(H,25,29)/t15-,16+/m1/s1. The maximum absolute atomic E-state index is 13.1. The monoisotopic (exact) mass is 477 g/mol. The van der Waals surface area contributed by atoms with Crippen LogP contribution in [0, 0.1) is 10.1 Å². The van der Waals surface area contributed by atoms with Crippen molar-refractivity contribution in [1.29, 1.82) is 0 Å². The van der Waals surface area contributed by atoms with Gasteiger partial charge in [0.1, 0.15) is 11.8 Å². The smallest absolute Gasteiger partial charge is 0.311 e. The van der Waals surface area contributed by atoms with Crippen LogP contribution in [0.25, 0.3) is 0 Å². The highest BCUT2D eigenvalue weighted by molar-refractivity contribution is 6.30. The molecule has 0 aliphatic rings. The van der Waals surface area contributed by atoms with Gasteiger partial charge in [-0.15, -0.1) is 0 Å². The summed E-state index contributed by atoms with van der Waals surface area (Å²) in [6.07, 6.45) is 0.756. The van der Waals surface area contributed by atoms with Crippen molar-refractivity contribution < 1.29 is 24.0 Å². The Bertz CT molecular complexity index is 1000. The summed E-state index contributed by atoms with van der Waals surface area (Å²) < 4.78 is 10.6. The van der Waals surface area contributed by atoms with Crippen molar-refractivity contribution >= 4 is 29.1 Å². The molecule has 0 aromatic heterocycles. The van der Waals surface area contributed by atoms with Crippen LogP contribution in [0.1, 0.15) is 32.8 Å². The molecule has 2 rings (SSSR count). The molecule has 0 unspecified atom stereocenters. The van der Waals surface area contributed by atoms with Crippen LogP contribution in [0.4, 0.5) is 5.69 Å². The molecule has 0 saturated heterocycles. The predicted octanol–water partition coefficient (Wildman–Crippen LogP) is 3.97. The van der Waals surface area contributed by atoms with Crippen molar-refractivity contribution in [1.82, 2.24) is 10.2 Å². The summed E-state index contributed by atoms with van der Waals surface area (Å²) in [4.78, 5) is 37.7. The van der Waals surface area contributed by atoms with Gasteiger partial charge >= 0.3 is 5.69 Å². The zero-order valence-corrected chi connectivity index (χ0v) is 19.8. The third-order valence-electron chi connectivity index (χ3n) is 5.12. The minimum atomic E-state index is -0.763. The summed E-state index contributed by atoms with van der Waals surface area (Å²) in [5.41, 5.74) is 0.546. The third kappa shape index (κ3) is 7.35. The first-order valence-electron chi connectivity index (χ1n) is 10.5. The Kier molecular flexibility index (Phi) is 9.47. The fourth-order valence-corrected chi connectivity index (χ4v) is 3.22. The molecule has 0 fully saturated rings. The molecule has 9 nitrogen and oxygen atoms in total.